The Kier molecular flexibility index (Phi) is 5.92. The first-order valence-electron chi connectivity index (χ1n) is 12.4. The molecule has 8 heteroatoms. The van der Waals surface area contributed by atoms with Gasteiger partial charge in [0.25, 0.3) is 11.6 Å². The number of anilines is 1. The molecule has 1 aliphatic carbocycles. The summed E-state index contributed by atoms with van der Waals surface area (Å²) in [5.74, 6) is -0.851. The van der Waals surface area contributed by atoms with Gasteiger partial charge in [0.05, 0.1) is 28.5 Å². The summed E-state index contributed by atoms with van der Waals surface area (Å²) >= 11 is 0. The average Bonchev–Trinajstić information content (AvgIpc) is 3.43. The summed E-state index contributed by atoms with van der Waals surface area (Å²) in [6.07, 6.45) is 2.13. The first-order valence-corrected chi connectivity index (χ1v) is 12.4. The molecule has 1 fully saturated rings. The van der Waals surface area contributed by atoms with Crippen LogP contribution in [-0.2, 0) is 4.79 Å². The van der Waals surface area contributed by atoms with Crippen LogP contribution >= 0.6 is 0 Å². The molecule has 0 saturated heterocycles. The normalized spacial score (nSPS) is 20.6. The summed E-state index contributed by atoms with van der Waals surface area (Å²) in [4.78, 5) is 45.5. The van der Waals surface area contributed by atoms with Crippen molar-refractivity contribution in [2.45, 2.75) is 24.8 Å². The van der Waals surface area contributed by atoms with Gasteiger partial charge >= 0.3 is 0 Å². The molecule has 6 rings (SSSR count). The van der Waals surface area contributed by atoms with Gasteiger partial charge < -0.3 is 4.42 Å². The number of amides is 1. The van der Waals surface area contributed by atoms with Crippen LogP contribution in [0.1, 0.15) is 46.5 Å². The number of nitro groups is 1. The molecular weight excluding hydrogens is 482 g/mol. The van der Waals surface area contributed by atoms with Gasteiger partial charge in [-0.25, -0.2) is 0 Å². The predicted octanol–water partition coefficient (Wildman–Crippen LogP) is 6.42. The fourth-order valence-corrected chi connectivity index (χ4v) is 5.53. The number of nitro benzene ring substituents is 1. The van der Waals surface area contributed by atoms with E-state index in [2.05, 4.69) is 0 Å². The molecule has 188 valence electrons. The minimum absolute atomic E-state index is 0.0154. The molecule has 1 aromatic heterocycles. The monoisotopic (exact) mass is 505 g/mol. The Morgan fingerprint density at radius 2 is 1.74 bits per heavy atom. The highest BCUT2D eigenvalue weighted by Crippen LogP contribution is 2.48. The fourth-order valence-electron chi connectivity index (χ4n) is 5.53. The molecule has 2 aliphatic rings. The van der Waals surface area contributed by atoms with Crippen LogP contribution in [0.3, 0.4) is 0 Å². The molecule has 0 radical (unpaired) electrons. The molecule has 3 aromatic carbocycles. The van der Waals surface area contributed by atoms with Crippen molar-refractivity contribution in [3.8, 4) is 0 Å². The zero-order valence-corrected chi connectivity index (χ0v) is 20.3. The molecule has 0 bridgehead atoms. The second-order valence-corrected chi connectivity index (χ2v) is 9.49. The molecule has 1 aliphatic heterocycles. The number of Topliss-reactive ketones (excluding diaryl/α,β-unsaturated/α-hetero) is 1. The Balaban J connectivity index is 1.49. The summed E-state index contributed by atoms with van der Waals surface area (Å²) in [6.45, 7) is 0. The zero-order chi connectivity index (χ0) is 26.2. The third-order valence-electron chi connectivity index (χ3n) is 7.23. The number of carbonyl (C=O) groups is 2. The lowest BCUT2D eigenvalue weighted by atomic mass is 9.72. The van der Waals surface area contributed by atoms with E-state index >= 15 is 0 Å². The maximum absolute atomic E-state index is 14.0. The van der Waals surface area contributed by atoms with Crippen molar-refractivity contribution in [2.75, 3.05) is 4.90 Å². The molecule has 2 heterocycles. The number of para-hydroxylation sites is 2. The summed E-state index contributed by atoms with van der Waals surface area (Å²) in [5, 5.41) is 11.4. The Morgan fingerprint density at radius 1 is 0.947 bits per heavy atom. The number of fused-ring (bicyclic) bond motifs is 2. The van der Waals surface area contributed by atoms with E-state index in [9.17, 15) is 19.7 Å². The van der Waals surface area contributed by atoms with Crippen molar-refractivity contribution in [3.05, 3.63) is 124 Å². The van der Waals surface area contributed by atoms with Crippen LogP contribution in [0, 0.1) is 16.0 Å². The van der Waals surface area contributed by atoms with E-state index in [1.807, 2.05) is 36.4 Å². The predicted molar refractivity (Wildman–Crippen MR) is 142 cm³/mol. The second kappa shape index (κ2) is 9.55. The maximum Gasteiger partial charge on any atom is 0.269 e. The number of rotatable bonds is 4. The van der Waals surface area contributed by atoms with E-state index in [4.69, 9.17) is 9.41 Å². The average molecular weight is 506 g/mol. The SMILES string of the molecule is O=C1C[C@H](c2cccc([N+](=O)[O-])c2)CC2=Nc3ccccc3N(C(=O)c3ccccc3)[C@H](c3ccco3)C12. The molecule has 1 saturated carbocycles. The van der Waals surface area contributed by atoms with Crippen LogP contribution in [0.25, 0.3) is 0 Å². The summed E-state index contributed by atoms with van der Waals surface area (Å²) in [5.41, 5.74) is 2.99. The van der Waals surface area contributed by atoms with Crippen molar-refractivity contribution in [2.24, 2.45) is 10.9 Å². The van der Waals surface area contributed by atoms with Gasteiger partial charge in [-0.1, -0.05) is 42.5 Å². The number of aliphatic imine (C=N–C) groups is 1. The summed E-state index contributed by atoms with van der Waals surface area (Å²) in [7, 11) is 0. The van der Waals surface area contributed by atoms with E-state index in [-0.39, 0.29) is 29.7 Å². The maximum atomic E-state index is 14.0. The highest BCUT2D eigenvalue weighted by molar-refractivity contribution is 6.15. The van der Waals surface area contributed by atoms with Gasteiger partial charge in [0.2, 0.25) is 0 Å². The van der Waals surface area contributed by atoms with Crippen molar-refractivity contribution in [1.82, 2.24) is 0 Å². The second-order valence-electron chi connectivity index (χ2n) is 9.49. The van der Waals surface area contributed by atoms with E-state index in [0.717, 1.165) is 5.56 Å². The number of ketones is 1. The van der Waals surface area contributed by atoms with Crippen molar-refractivity contribution >= 4 is 34.5 Å². The molecule has 4 aromatic rings. The van der Waals surface area contributed by atoms with E-state index < -0.39 is 16.9 Å². The van der Waals surface area contributed by atoms with Crippen LogP contribution in [0.5, 0.6) is 0 Å². The number of hydrogen-bond acceptors (Lipinski definition) is 6. The quantitative estimate of drug-likeness (QED) is 0.235. The standard InChI is InChI=1S/C30H23N3O5/c34-26-18-21(20-10-6-11-22(16-20)33(36)37)17-24-28(26)29(27-14-7-15-38-27)32(25-13-5-4-12-23(25)31-24)30(35)19-8-2-1-3-9-19/h1-16,21,28-29H,17-18H2/t21-,28?,29-/m1/s1. The van der Waals surface area contributed by atoms with Crippen molar-refractivity contribution in [3.63, 3.8) is 0 Å². The number of nitrogens with zero attached hydrogens (tertiary/aromatic N) is 3. The number of non-ortho nitro benzene ring substituents is 1. The Hall–Kier alpha value is -4.85. The van der Waals surface area contributed by atoms with E-state index in [0.29, 0.717) is 34.8 Å². The minimum atomic E-state index is -0.737. The number of benzene rings is 3. The molecule has 1 unspecified atom stereocenters. The lowest BCUT2D eigenvalue weighted by molar-refractivity contribution is -0.384. The van der Waals surface area contributed by atoms with E-state index in [1.165, 1.54) is 18.4 Å². The lowest BCUT2D eigenvalue weighted by Crippen LogP contribution is -2.45. The van der Waals surface area contributed by atoms with Gasteiger partial charge in [-0.05, 0) is 54.3 Å². The lowest BCUT2D eigenvalue weighted by Gasteiger charge is -2.37. The largest absolute Gasteiger partial charge is 0.467 e. The Morgan fingerprint density at radius 3 is 2.50 bits per heavy atom. The topological polar surface area (TPSA) is 106 Å². The van der Waals surface area contributed by atoms with Crippen LogP contribution in [-0.4, -0.2) is 22.3 Å². The summed E-state index contributed by atoms with van der Waals surface area (Å²) < 4.78 is 5.83. The molecule has 0 N–H and O–H groups in total. The fraction of sp³-hybridized carbons (Fsp3) is 0.167. The highest BCUT2D eigenvalue weighted by atomic mass is 16.6. The number of carbonyl (C=O) groups excluding carboxylic acids is 2. The highest BCUT2D eigenvalue weighted by Gasteiger charge is 2.47. The molecule has 3 atom stereocenters. The van der Waals surface area contributed by atoms with Gasteiger partial charge in [-0.2, -0.15) is 0 Å². The van der Waals surface area contributed by atoms with Crippen LogP contribution in [0.15, 0.2) is 107 Å². The van der Waals surface area contributed by atoms with Crippen LogP contribution in [0.4, 0.5) is 17.1 Å². The van der Waals surface area contributed by atoms with Gasteiger partial charge in [-0.15, -0.1) is 0 Å². The molecule has 38 heavy (non-hydrogen) atoms. The summed E-state index contributed by atoms with van der Waals surface area (Å²) in [6, 6.07) is 25.5. The van der Waals surface area contributed by atoms with Crippen molar-refractivity contribution < 1.29 is 18.9 Å². The third kappa shape index (κ3) is 4.10. The third-order valence-corrected chi connectivity index (χ3v) is 7.23. The Labute approximate surface area is 218 Å². The molecule has 1 amide bonds. The van der Waals surface area contributed by atoms with Gasteiger partial charge in [0.1, 0.15) is 17.6 Å². The number of furan rings is 1. The van der Waals surface area contributed by atoms with Gasteiger partial charge in [-0.3, -0.25) is 29.6 Å². The Bertz CT molecular complexity index is 1560. The molecular formula is C30H23N3O5. The smallest absolute Gasteiger partial charge is 0.269 e. The minimum Gasteiger partial charge on any atom is -0.467 e. The first-order chi connectivity index (χ1) is 18.5. The van der Waals surface area contributed by atoms with Crippen LogP contribution < -0.4 is 4.90 Å². The van der Waals surface area contributed by atoms with Gasteiger partial charge in [0, 0.05) is 29.8 Å². The number of hydrogen-bond donors (Lipinski definition) is 0. The molecule has 0 spiro atoms. The van der Waals surface area contributed by atoms with Gasteiger partial charge in [0.15, 0.2) is 0 Å². The van der Waals surface area contributed by atoms with Crippen molar-refractivity contribution in [1.29, 1.82) is 0 Å². The first kappa shape index (κ1) is 23.5. The van der Waals surface area contributed by atoms with Crippen LogP contribution in [0.2, 0.25) is 0 Å². The molecule has 8 nitrogen and oxygen atoms in total. The zero-order valence-electron chi connectivity index (χ0n) is 20.3. The van der Waals surface area contributed by atoms with E-state index in [1.54, 1.807) is 47.4 Å².